The Kier molecular flexibility index (Phi) is 4.30. The first kappa shape index (κ1) is 12.6. The second-order valence-electron chi connectivity index (χ2n) is 3.94. The van der Waals surface area contributed by atoms with Gasteiger partial charge in [-0.15, -0.1) is 0 Å². The lowest BCUT2D eigenvalue weighted by Gasteiger charge is -2.26. The number of hydrazine groups is 1. The normalized spacial score (nSPS) is 12.1. The van der Waals surface area contributed by atoms with Crippen molar-refractivity contribution in [2.75, 3.05) is 11.6 Å². The number of nitrogens with one attached hydrogen (secondary N) is 1. The Bertz CT molecular complexity index is 419. The van der Waals surface area contributed by atoms with Crippen LogP contribution in [-0.4, -0.2) is 17.9 Å². The minimum absolute atomic E-state index is 0.282. The lowest BCUT2D eigenvalue weighted by atomic mass is 10.2. The third-order valence-electron chi connectivity index (χ3n) is 2.49. The lowest BCUT2D eigenvalue weighted by Crippen LogP contribution is -2.42. The summed E-state index contributed by atoms with van der Waals surface area (Å²) in [4.78, 5) is 0. The van der Waals surface area contributed by atoms with Gasteiger partial charge < -0.3 is 10.8 Å². The molecule has 2 rings (SSSR count). The molecule has 0 saturated heterocycles. The highest BCUT2D eigenvalue weighted by atomic mass is 16.3. The van der Waals surface area contributed by atoms with Gasteiger partial charge in [0.05, 0.1) is 17.9 Å². The van der Waals surface area contributed by atoms with E-state index in [9.17, 15) is 5.11 Å². The molecule has 0 aliphatic carbocycles. The lowest BCUT2D eigenvalue weighted by molar-refractivity contribution is 0.179. The molecule has 4 heteroatoms. The third kappa shape index (κ3) is 3.30. The van der Waals surface area contributed by atoms with Gasteiger partial charge in [-0.3, -0.25) is 5.01 Å². The van der Waals surface area contributed by atoms with Crippen LogP contribution < -0.4 is 16.2 Å². The molecule has 18 heavy (non-hydrogen) atoms. The Morgan fingerprint density at radius 1 is 0.944 bits per heavy atom. The van der Waals surface area contributed by atoms with E-state index in [1.807, 2.05) is 65.7 Å². The summed E-state index contributed by atoms with van der Waals surface area (Å²) in [5.41, 5.74) is 10.5. The number of anilines is 2. The van der Waals surface area contributed by atoms with Crippen LogP contribution in [0.5, 0.6) is 0 Å². The van der Waals surface area contributed by atoms with Gasteiger partial charge in [-0.05, 0) is 24.3 Å². The molecule has 4 nitrogen and oxygen atoms in total. The largest absolute Gasteiger partial charge is 0.377 e. The van der Waals surface area contributed by atoms with E-state index in [0.717, 1.165) is 11.4 Å². The van der Waals surface area contributed by atoms with Crippen LogP contribution >= 0.6 is 0 Å². The van der Waals surface area contributed by atoms with Crippen molar-refractivity contribution in [2.24, 2.45) is 5.73 Å². The second kappa shape index (κ2) is 6.16. The molecule has 2 aromatic rings. The van der Waals surface area contributed by atoms with E-state index in [-0.39, 0.29) is 6.54 Å². The van der Waals surface area contributed by atoms with Crippen molar-refractivity contribution < 1.29 is 5.11 Å². The van der Waals surface area contributed by atoms with Gasteiger partial charge in [0.2, 0.25) is 0 Å². The Balaban J connectivity index is 2.24. The summed E-state index contributed by atoms with van der Waals surface area (Å²) < 4.78 is 0. The highest BCUT2D eigenvalue weighted by Crippen LogP contribution is 2.22. The smallest absolute Gasteiger partial charge is 0.116 e. The fraction of sp³-hybridized carbons (Fsp3) is 0.143. The zero-order valence-electron chi connectivity index (χ0n) is 10.0. The molecule has 0 aromatic heterocycles. The van der Waals surface area contributed by atoms with Crippen molar-refractivity contribution in [1.29, 1.82) is 0 Å². The minimum atomic E-state index is -0.889. The molecule has 0 amide bonds. The van der Waals surface area contributed by atoms with Crippen molar-refractivity contribution in [2.45, 2.75) is 6.23 Å². The summed E-state index contributed by atoms with van der Waals surface area (Å²) >= 11 is 0. The minimum Gasteiger partial charge on any atom is -0.377 e. The summed E-state index contributed by atoms with van der Waals surface area (Å²) in [6.07, 6.45) is -0.889. The van der Waals surface area contributed by atoms with Gasteiger partial charge in [0.15, 0.2) is 0 Å². The van der Waals surface area contributed by atoms with Gasteiger partial charge in [-0.1, -0.05) is 36.4 Å². The summed E-state index contributed by atoms with van der Waals surface area (Å²) in [7, 11) is 0. The van der Waals surface area contributed by atoms with Crippen LogP contribution in [0.2, 0.25) is 0 Å². The van der Waals surface area contributed by atoms with E-state index in [1.165, 1.54) is 0 Å². The Hall–Kier alpha value is -1.88. The van der Waals surface area contributed by atoms with Gasteiger partial charge in [0.25, 0.3) is 0 Å². The number of nitrogens with zero attached hydrogens (tertiary/aromatic N) is 1. The maximum Gasteiger partial charge on any atom is 0.116 e. The molecule has 4 N–H and O–H groups in total. The summed E-state index contributed by atoms with van der Waals surface area (Å²) in [5, 5.41) is 11.1. The molecule has 94 valence electrons. The molecule has 0 spiro atoms. The van der Waals surface area contributed by atoms with Gasteiger partial charge in [-0.25, -0.2) is 5.43 Å². The number of nitrogens with two attached hydrogens (primary N) is 1. The number of benzene rings is 2. The molecule has 0 aliphatic rings. The molecule has 1 unspecified atom stereocenters. The number of hydrogen-bond donors (Lipinski definition) is 3. The molecule has 0 bridgehead atoms. The van der Waals surface area contributed by atoms with Crippen molar-refractivity contribution in [3.63, 3.8) is 0 Å². The molecule has 0 fully saturated rings. The number of aliphatic hydroxyl groups excluding tert-OH is 1. The topological polar surface area (TPSA) is 61.5 Å². The summed E-state index contributed by atoms with van der Waals surface area (Å²) in [5.74, 6) is 0. The summed E-state index contributed by atoms with van der Waals surface area (Å²) in [6, 6.07) is 19.7. The quantitative estimate of drug-likeness (QED) is 0.551. The maximum absolute atomic E-state index is 9.18. The van der Waals surface area contributed by atoms with Gasteiger partial charge in [0, 0.05) is 0 Å². The second-order valence-corrected chi connectivity index (χ2v) is 3.94. The average Bonchev–Trinajstić information content (AvgIpc) is 2.41. The summed E-state index contributed by atoms with van der Waals surface area (Å²) in [6.45, 7) is 0.282. The number of hydrogen-bond acceptors (Lipinski definition) is 4. The van der Waals surface area contributed by atoms with Crippen LogP contribution in [0.25, 0.3) is 0 Å². The van der Waals surface area contributed by atoms with Crippen LogP contribution in [0.1, 0.15) is 0 Å². The molecular weight excluding hydrogens is 226 g/mol. The van der Waals surface area contributed by atoms with Crippen LogP contribution in [0.4, 0.5) is 11.4 Å². The highest BCUT2D eigenvalue weighted by Gasteiger charge is 2.08. The Morgan fingerprint density at radius 3 is 1.78 bits per heavy atom. The SMILES string of the molecule is NC(O)CNN(c1ccccc1)c1ccccc1. The van der Waals surface area contributed by atoms with Crippen LogP contribution in [0.3, 0.4) is 0 Å². The zero-order chi connectivity index (χ0) is 12.8. The van der Waals surface area contributed by atoms with Crippen molar-refractivity contribution in [3.05, 3.63) is 60.7 Å². The zero-order valence-corrected chi connectivity index (χ0v) is 10.0. The highest BCUT2D eigenvalue weighted by molar-refractivity contribution is 5.61. The molecule has 0 aliphatic heterocycles. The van der Waals surface area contributed by atoms with Gasteiger partial charge in [-0.2, -0.15) is 0 Å². The standard InChI is InChI=1S/C14H17N3O/c15-14(18)11-16-17(12-7-3-1-4-8-12)13-9-5-2-6-10-13/h1-10,14,16,18H,11,15H2. The first-order chi connectivity index (χ1) is 8.77. The predicted octanol–water partition coefficient (Wildman–Crippen LogP) is 1.61. The first-order valence-corrected chi connectivity index (χ1v) is 5.85. The number of rotatable bonds is 5. The fourth-order valence-electron chi connectivity index (χ4n) is 1.67. The van der Waals surface area contributed by atoms with Crippen molar-refractivity contribution in [3.8, 4) is 0 Å². The molecule has 0 heterocycles. The average molecular weight is 243 g/mol. The monoisotopic (exact) mass is 243 g/mol. The molecule has 2 aromatic carbocycles. The Morgan fingerprint density at radius 2 is 1.39 bits per heavy atom. The van der Waals surface area contributed by atoms with E-state index >= 15 is 0 Å². The van der Waals surface area contributed by atoms with Crippen LogP contribution in [-0.2, 0) is 0 Å². The van der Waals surface area contributed by atoms with E-state index in [4.69, 9.17) is 5.73 Å². The predicted molar refractivity (Wildman–Crippen MR) is 73.2 cm³/mol. The molecule has 0 saturated carbocycles. The van der Waals surface area contributed by atoms with Crippen molar-refractivity contribution >= 4 is 11.4 Å². The Labute approximate surface area is 107 Å². The van der Waals surface area contributed by atoms with Crippen LogP contribution in [0, 0.1) is 0 Å². The van der Waals surface area contributed by atoms with Crippen LogP contribution in [0.15, 0.2) is 60.7 Å². The van der Waals surface area contributed by atoms with E-state index < -0.39 is 6.23 Å². The van der Waals surface area contributed by atoms with E-state index in [1.54, 1.807) is 0 Å². The molecular formula is C14H17N3O. The number of aliphatic hydroxyl groups is 1. The number of para-hydroxylation sites is 2. The van der Waals surface area contributed by atoms with E-state index in [2.05, 4.69) is 5.43 Å². The third-order valence-corrected chi connectivity index (χ3v) is 2.49. The van der Waals surface area contributed by atoms with Gasteiger partial charge in [0.1, 0.15) is 6.23 Å². The first-order valence-electron chi connectivity index (χ1n) is 5.85. The fourth-order valence-corrected chi connectivity index (χ4v) is 1.67. The van der Waals surface area contributed by atoms with Gasteiger partial charge >= 0.3 is 0 Å². The molecule has 1 atom stereocenters. The van der Waals surface area contributed by atoms with Crippen molar-refractivity contribution in [1.82, 2.24) is 5.43 Å². The van der Waals surface area contributed by atoms with E-state index in [0.29, 0.717) is 0 Å². The molecule has 0 radical (unpaired) electrons. The maximum atomic E-state index is 9.18.